The molecule has 0 amide bonds. The third-order valence-electron chi connectivity index (χ3n) is 2.77. The van der Waals surface area contributed by atoms with Crippen LogP contribution in [-0.4, -0.2) is 5.84 Å². The van der Waals surface area contributed by atoms with Gasteiger partial charge in [-0.1, -0.05) is 41.4 Å². The molecule has 3 N–H and O–H groups in total. The fraction of sp³-hybridized carbons (Fsp3) is 0.133. The van der Waals surface area contributed by atoms with Crippen LogP contribution in [-0.2, 0) is 6.61 Å². The van der Waals surface area contributed by atoms with Crippen molar-refractivity contribution in [3.05, 3.63) is 64.2 Å². The molecule has 0 radical (unpaired) electrons. The molecular formula is C15H15ClN2O. The van der Waals surface area contributed by atoms with Gasteiger partial charge in [-0.2, -0.15) is 0 Å². The summed E-state index contributed by atoms with van der Waals surface area (Å²) in [5, 5.41) is 8.24. The minimum absolute atomic E-state index is 0.00198. The first-order valence-electron chi connectivity index (χ1n) is 5.89. The summed E-state index contributed by atoms with van der Waals surface area (Å²) in [7, 11) is 0. The Morgan fingerprint density at radius 1 is 1.26 bits per heavy atom. The van der Waals surface area contributed by atoms with Crippen LogP contribution in [0.4, 0.5) is 0 Å². The molecule has 0 aliphatic heterocycles. The smallest absolute Gasteiger partial charge is 0.130 e. The van der Waals surface area contributed by atoms with Crippen LogP contribution >= 0.6 is 11.6 Å². The van der Waals surface area contributed by atoms with Crippen LogP contribution in [0, 0.1) is 12.3 Å². The number of hydrogen-bond donors (Lipinski definition) is 2. The molecule has 0 bridgehead atoms. The van der Waals surface area contributed by atoms with Crippen LogP contribution in [0.15, 0.2) is 42.5 Å². The van der Waals surface area contributed by atoms with Gasteiger partial charge in [0.2, 0.25) is 0 Å². The van der Waals surface area contributed by atoms with E-state index in [2.05, 4.69) is 0 Å². The Morgan fingerprint density at radius 2 is 2.00 bits per heavy atom. The summed E-state index contributed by atoms with van der Waals surface area (Å²) in [4.78, 5) is 0. The predicted molar refractivity (Wildman–Crippen MR) is 78.0 cm³/mol. The highest BCUT2D eigenvalue weighted by Gasteiger charge is 2.08. The van der Waals surface area contributed by atoms with E-state index >= 15 is 0 Å². The molecule has 2 aromatic carbocycles. The van der Waals surface area contributed by atoms with E-state index in [-0.39, 0.29) is 5.84 Å². The maximum atomic E-state index is 7.57. The second-order valence-electron chi connectivity index (χ2n) is 4.29. The Bertz CT molecular complexity index is 611. The van der Waals surface area contributed by atoms with Crippen molar-refractivity contribution in [2.75, 3.05) is 0 Å². The first-order chi connectivity index (χ1) is 9.08. The average Bonchev–Trinajstić information content (AvgIpc) is 2.38. The van der Waals surface area contributed by atoms with Gasteiger partial charge in [-0.05, 0) is 25.1 Å². The monoisotopic (exact) mass is 274 g/mol. The van der Waals surface area contributed by atoms with Gasteiger partial charge in [0, 0.05) is 10.6 Å². The topological polar surface area (TPSA) is 59.1 Å². The molecular weight excluding hydrogens is 260 g/mol. The minimum Gasteiger partial charge on any atom is -0.488 e. The molecule has 98 valence electrons. The SMILES string of the molecule is Cc1ccc(OCc2ccccc2Cl)c(C(=N)N)c1. The van der Waals surface area contributed by atoms with Crippen LogP contribution in [0.2, 0.25) is 5.02 Å². The lowest BCUT2D eigenvalue weighted by Crippen LogP contribution is -2.13. The largest absolute Gasteiger partial charge is 0.488 e. The highest BCUT2D eigenvalue weighted by Crippen LogP contribution is 2.22. The van der Waals surface area contributed by atoms with E-state index in [4.69, 9.17) is 27.5 Å². The van der Waals surface area contributed by atoms with Gasteiger partial charge in [-0.3, -0.25) is 5.41 Å². The molecule has 0 spiro atoms. The van der Waals surface area contributed by atoms with Crippen molar-refractivity contribution in [2.45, 2.75) is 13.5 Å². The quantitative estimate of drug-likeness (QED) is 0.662. The molecule has 0 aliphatic carbocycles. The van der Waals surface area contributed by atoms with Gasteiger partial charge in [0.05, 0.1) is 5.56 Å². The highest BCUT2D eigenvalue weighted by molar-refractivity contribution is 6.31. The third kappa shape index (κ3) is 3.26. The number of halogens is 1. The number of nitrogens with one attached hydrogen (secondary N) is 1. The van der Waals surface area contributed by atoms with Crippen LogP contribution in [0.1, 0.15) is 16.7 Å². The van der Waals surface area contributed by atoms with Gasteiger partial charge in [-0.15, -0.1) is 0 Å². The van der Waals surface area contributed by atoms with Crippen molar-refractivity contribution in [3.8, 4) is 5.75 Å². The number of rotatable bonds is 4. The van der Waals surface area contributed by atoms with Crippen LogP contribution in [0.3, 0.4) is 0 Å². The molecule has 0 saturated carbocycles. The molecule has 0 unspecified atom stereocenters. The average molecular weight is 275 g/mol. The zero-order chi connectivity index (χ0) is 13.8. The van der Waals surface area contributed by atoms with Gasteiger partial charge >= 0.3 is 0 Å². The van der Waals surface area contributed by atoms with Crippen molar-refractivity contribution >= 4 is 17.4 Å². The van der Waals surface area contributed by atoms with Gasteiger partial charge in [0.1, 0.15) is 18.2 Å². The summed E-state index contributed by atoms with van der Waals surface area (Å²) in [5.74, 6) is 0.593. The van der Waals surface area contributed by atoms with E-state index in [0.717, 1.165) is 11.1 Å². The van der Waals surface area contributed by atoms with Crippen molar-refractivity contribution in [1.29, 1.82) is 5.41 Å². The van der Waals surface area contributed by atoms with E-state index in [1.165, 1.54) is 0 Å². The van der Waals surface area contributed by atoms with Crippen LogP contribution in [0.5, 0.6) is 5.75 Å². The van der Waals surface area contributed by atoms with Gasteiger partial charge in [0.25, 0.3) is 0 Å². The predicted octanol–water partition coefficient (Wildman–Crippen LogP) is 3.51. The number of ether oxygens (including phenoxy) is 1. The maximum absolute atomic E-state index is 7.57. The van der Waals surface area contributed by atoms with Crippen LogP contribution in [0.25, 0.3) is 0 Å². The zero-order valence-electron chi connectivity index (χ0n) is 10.6. The van der Waals surface area contributed by atoms with Crippen molar-refractivity contribution < 1.29 is 4.74 Å². The summed E-state index contributed by atoms with van der Waals surface area (Å²) in [6.07, 6.45) is 0. The van der Waals surface area contributed by atoms with Crippen molar-refractivity contribution in [1.82, 2.24) is 0 Å². The van der Waals surface area contributed by atoms with Gasteiger partial charge in [0.15, 0.2) is 0 Å². The molecule has 0 saturated heterocycles. The molecule has 3 nitrogen and oxygen atoms in total. The van der Waals surface area contributed by atoms with Crippen LogP contribution < -0.4 is 10.5 Å². The van der Waals surface area contributed by atoms with Gasteiger partial charge in [-0.25, -0.2) is 0 Å². The third-order valence-corrected chi connectivity index (χ3v) is 3.13. The lowest BCUT2D eigenvalue weighted by atomic mass is 10.1. The number of hydrogen-bond acceptors (Lipinski definition) is 2. The molecule has 0 aliphatic rings. The lowest BCUT2D eigenvalue weighted by Gasteiger charge is -2.12. The number of benzene rings is 2. The molecule has 0 atom stereocenters. The van der Waals surface area contributed by atoms with E-state index < -0.39 is 0 Å². The molecule has 2 aromatic rings. The standard InChI is InChI=1S/C15H15ClN2O/c1-10-6-7-14(12(8-10)15(17)18)19-9-11-4-2-3-5-13(11)16/h2-8H,9H2,1H3,(H3,17,18). The van der Waals surface area contributed by atoms with E-state index in [9.17, 15) is 0 Å². The second kappa shape index (κ2) is 5.76. The molecule has 19 heavy (non-hydrogen) atoms. The molecule has 0 heterocycles. The molecule has 2 rings (SSSR count). The summed E-state index contributed by atoms with van der Waals surface area (Å²) in [6.45, 7) is 2.30. The fourth-order valence-electron chi connectivity index (χ4n) is 1.75. The Labute approximate surface area is 117 Å². The second-order valence-corrected chi connectivity index (χ2v) is 4.70. The Balaban J connectivity index is 2.20. The number of nitrogen functional groups attached to an aromatic ring is 1. The van der Waals surface area contributed by atoms with E-state index in [1.807, 2.05) is 49.4 Å². The maximum Gasteiger partial charge on any atom is 0.130 e. The Hall–Kier alpha value is -2.00. The Morgan fingerprint density at radius 3 is 2.68 bits per heavy atom. The minimum atomic E-state index is -0.00198. The summed E-state index contributed by atoms with van der Waals surface area (Å²) in [5.41, 5.74) is 8.10. The number of nitrogens with two attached hydrogens (primary N) is 1. The van der Waals surface area contributed by atoms with E-state index in [0.29, 0.717) is 22.9 Å². The lowest BCUT2D eigenvalue weighted by molar-refractivity contribution is 0.305. The molecule has 0 aromatic heterocycles. The summed E-state index contributed by atoms with van der Waals surface area (Å²) in [6, 6.07) is 13.1. The molecule has 0 fully saturated rings. The first-order valence-corrected chi connectivity index (χ1v) is 6.27. The number of aryl methyl sites for hydroxylation is 1. The highest BCUT2D eigenvalue weighted by atomic mass is 35.5. The van der Waals surface area contributed by atoms with Crippen molar-refractivity contribution in [2.24, 2.45) is 5.73 Å². The summed E-state index contributed by atoms with van der Waals surface area (Å²) >= 11 is 6.07. The number of amidine groups is 1. The Kier molecular flexibility index (Phi) is 4.07. The normalized spacial score (nSPS) is 10.2. The van der Waals surface area contributed by atoms with Crippen molar-refractivity contribution in [3.63, 3.8) is 0 Å². The zero-order valence-corrected chi connectivity index (χ0v) is 11.4. The molecule has 4 heteroatoms. The summed E-state index contributed by atoms with van der Waals surface area (Å²) < 4.78 is 5.72. The van der Waals surface area contributed by atoms with Gasteiger partial charge < -0.3 is 10.5 Å². The van der Waals surface area contributed by atoms with E-state index in [1.54, 1.807) is 0 Å². The first kappa shape index (κ1) is 13.4. The fourth-order valence-corrected chi connectivity index (χ4v) is 1.94.